The molecule has 1 aliphatic heterocycles. The summed E-state index contributed by atoms with van der Waals surface area (Å²) in [5.74, 6) is 0.0511. The molecule has 1 aliphatic rings. The quantitative estimate of drug-likeness (QED) is 0.743. The molecule has 0 saturated carbocycles. The Bertz CT molecular complexity index is 894. The van der Waals surface area contributed by atoms with Crippen molar-refractivity contribution >= 4 is 34.8 Å². The second-order valence-corrected chi connectivity index (χ2v) is 6.97. The first-order valence-electron chi connectivity index (χ1n) is 8.68. The van der Waals surface area contributed by atoms with E-state index in [1.165, 1.54) is 18.1 Å². The molecule has 0 unspecified atom stereocenters. The van der Waals surface area contributed by atoms with Crippen LogP contribution >= 0.6 is 11.3 Å². The number of nitrogens with zero attached hydrogens (tertiary/aromatic N) is 1. The molecule has 0 spiro atoms. The van der Waals surface area contributed by atoms with E-state index in [1.54, 1.807) is 31.2 Å². The van der Waals surface area contributed by atoms with Crippen LogP contribution in [-0.2, 0) is 9.53 Å². The molecular weight excluding hydrogens is 384 g/mol. The second-order valence-electron chi connectivity index (χ2n) is 5.88. The Morgan fingerprint density at radius 3 is 2.54 bits per heavy atom. The average Bonchev–Trinajstić information content (AvgIpc) is 3.21. The van der Waals surface area contributed by atoms with E-state index in [0.717, 1.165) is 11.3 Å². The average molecular weight is 404 g/mol. The van der Waals surface area contributed by atoms with Crippen LogP contribution in [-0.4, -0.2) is 56.1 Å². The highest BCUT2D eigenvalue weighted by molar-refractivity contribution is 7.15. The summed E-state index contributed by atoms with van der Waals surface area (Å²) in [6.07, 6.45) is 0. The van der Waals surface area contributed by atoms with Crippen molar-refractivity contribution in [2.75, 3.05) is 38.7 Å². The van der Waals surface area contributed by atoms with Crippen molar-refractivity contribution in [3.8, 4) is 11.5 Å². The Hall–Kier alpha value is -3.07. The zero-order valence-electron chi connectivity index (χ0n) is 15.5. The first-order valence-corrected chi connectivity index (χ1v) is 9.50. The topological polar surface area (TPSA) is 94.2 Å². The maximum absolute atomic E-state index is 12.6. The highest BCUT2D eigenvalue weighted by Crippen LogP contribution is 2.32. The summed E-state index contributed by atoms with van der Waals surface area (Å²) in [6, 6.07) is 8.22. The van der Waals surface area contributed by atoms with Crippen molar-refractivity contribution < 1.29 is 28.6 Å². The van der Waals surface area contributed by atoms with Crippen LogP contribution in [0.3, 0.4) is 0 Å². The van der Waals surface area contributed by atoms with Gasteiger partial charge in [0.15, 0.2) is 11.5 Å². The Morgan fingerprint density at radius 1 is 1.11 bits per heavy atom. The minimum atomic E-state index is -0.497. The molecule has 2 amide bonds. The van der Waals surface area contributed by atoms with E-state index < -0.39 is 5.97 Å². The molecule has 148 valence electrons. The lowest BCUT2D eigenvalue weighted by Crippen LogP contribution is -2.37. The lowest BCUT2D eigenvalue weighted by molar-refractivity contribution is -0.116. The van der Waals surface area contributed by atoms with Crippen LogP contribution in [0.25, 0.3) is 0 Å². The van der Waals surface area contributed by atoms with E-state index >= 15 is 0 Å². The van der Waals surface area contributed by atoms with Gasteiger partial charge in [-0.1, -0.05) is 0 Å². The van der Waals surface area contributed by atoms with Gasteiger partial charge in [-0.3, -0.25) is 9.59 Å². The molecule has 2 heterocycles. The lowest BCUT2D eigenvalue weighted by Gasteiger charge is -2.21. The molecule has 1 aromatic carbocycles. The Kier molecular flexibility index (Phi) is 6.15. The zero-order valence-corrected chi connectivity index (χ0v) is 16.3. The number of hydrogen-bond donors (Lipinski definition) is 1. The third kappa shape index (κ3) is 4.42. The van der Waals surface area contributed by atoms with Gasteiger partial charge in [-0.2, -0.15) is 0 Å². The maximum atomic E-state index is 12.6. The number of rotatable bonds is 6. The number of carbonyl (C=O) groups excluding carboxylic acids is 3. The van der Waals surface area contributed by atoms with Crippen LogP contribution in [0.1, 0.15) is 26.3 Å². The first kappa shape index (κ1) is 19.7. The SMILES string of the molecule is CCN(CC(=O)Nc1ccc2c(c1)OCCO2)C(=O)c1ccc(C(=O)OC)s1. The summed E-state index contributed by atoms with van der Waals surface area (Å²) >= 11 is 1.04. The van der Waals surface area contributed by atoms with Crippen molar-refractivity contribution in [2.45, 2.75) is 6.92 Å². The number of hydrogen-bond acceptors (Lipinski definition) is 7. The van der Waals surface area contributed by atoms with Crippen molar-refractivity contribution in [1.82, 2.24) is 4.90 Å². The number of carbonyl (C=O) groups is 3. The molecule has 8 nitrogen and oxygen atoms in total. The third-order valence-electron chi connectivity index (χ3n) is 4.03. The number of thiophene rings is 1. The van der Waals surface area contributed by atoms with Crippen LogP contribution < -0.4 is 14.8 Å². The number of benzene rings is 1. The molecule has 3 rings (SSSR count). The molecule has 2 aromatic rings. The fourth-order valence-corrected chi connectivity index (χ4v) is 3.53. The van der Waals surface area contributed by atoms with E-state index in [0.29, 0.717) is 46.7 Å². The van der Waals surface area contributed by atoms with Gasteiger partial charge in [0.25, 0.3) is 5.91 Å². The van der Waals surface area contributed by atoms with Gasteiger partial charge in [-0.05, 0) is 31.2 Å². The smallest absolute Gasteiger partial charge is 0.348 e. The number of ether oxygens (including phenoxy) is 3. The van der Waals surface area contributed by atoms with E-state index in [2.05, 4.69) is 10.1 Å². The Morgan fingerprint density at radius 2 is 1.82 bits per heavy atom. The Labute approximate surface area is 166 Å². The second kappa shape index (κ2) is 8.75. The number of methoxy groups -OCH3 is 1. The molecule has 28 heavy (non-hydrogen) atoms. The van der Waals surface area contributed by atoms with Crippen LogP contribution in [0.15, 0.2) is 30.3 Å². The molecule has 9 heteroatoms. The van der Waals surface area contributed by atoms with Crippen molar-refractivity contribution in [3.63, 3.8) is 0 Å². The molecule has 0 atom stereocenters. The van der Waals surface area contributed by atoms with Gasteiger partial charge < -0.3 is 24.4 Å². The molecule has 0 bridgehead atoms. The van der Waals surface area contributed by atoms with Gasteiger partial charge in [0.2, 0.25) is 5.91 Å². The largest absolute Gasteiger partial charge is 0.486 e. The summed E-state index contributed by atoms with van der Waals surface area (Å²) in [5, 5.41) is 2.76. The predicted octanol–water partition coefficient (Wildman–Crippen LogP) is 2.41. The summed E-state index contributed by atoms with van der Waals surface area (Å²) in [6.45, 7) is 2.96. The number of anilines is 1. The normalized spacial score (nSPS) is 12.2. The lowest BCUT2D eigenvalue weighted by atomic mass is 10.2. The predicted molar refractivity (Wildman–Crippen MR) is 103 cm³/mol. The van der Waals surface area contributed by atoms with Gasteiger partial charge >= 0.3 is 5.97 Å². The first-order chi connectivity index (χ1) is 13.5. The van der Waals surface area contributed by atoms with Gasteiger partial charge in [0, 0.05) is 18.3 Å². The maximum Gasteiger partial charge on any atom is 0.348 e. The van der Waals surface area contributed by atoms with Gasteiger partial charge in [0.1, 0.15) is 24.6 Å². The number of likely N-dealkylation sites (N-methyl/N-ethyl adjacent to an activating group) is 1. The number of nitrogens with one attached hydrogen (secondary N) is 1. The van der Waals surface area contributed by atoms with E-state index in [1.807, 2.05) is 0 Å². The third-order valence-corrected chi connectivity index (χ3v) is 5.09. The van der Waals surface area contributed by atoms with Crippen LogP contribution in [0.4, 0.5) is 5.69 Å². The minimum Gasteiger partial charge on any atom is -0.486 e. The highest BCUT2D eigenvalue weighted by atomic mass is 32.1. The number of amides is 2. The number of fused-ring (bicyclic) bond motifs is 1. The molecule has 0 fully saturated rings. The van der Waals surface area contributed by atoms with Crippen LogP contribution in [0, 0.1) is 0 Å². The van der Waals surface area contributed by atoms with Gasteiger partial charge in [-0.15, -0.1) is 11.3 Å². The summed E-state index contributed by atoms with van der Waals surface area (Å²) < 4.78 is 15.6. The van der Waals surface area contributed by atoms with E-state index in [-0.39, 0.29) is 18.4 Å². The van der Waals surface area contributed by atoms with Gasteiger partial charge in [-0.25, -0.2) is 4.79 Å². The van der Waals surface area contributed by atoms with Crippen molar-refractivity contribution in [1.29, 1.82) is 0 Å². The van der Waals surface area contributed by atoms with Crippen LogP contribution in [0.2, 0.25) is 0 Å². The number of esters is 1. The van der Waals surface area contributed by atoms with Gasteiger partial charge in [0.05, 0.1) is 12.0 Å². The van der Waals surface area contributed by atoms with Crippen LogP contribution in [0.5, 0.6) is 11.5 Å². The van der Waals surface area contributed by atoms with E-state index in [4.69, 9.17) is 9.47 Å². The fraction of sp³-hybridized carbons (Fsp3) is 0.316. The summed E-state index contributed by atoms with van der Waals surface area (Å²) in [5.41, 5.74) is 0.557. The summed E-state index contributed by atoms with van der Waals surface area (Å²) in [7, 11) is 1.28. The molecule has 1 aromatic heterocycles. The van der Waals surface area contributed by atoms with Crippen molar-refractivity contribution in [2.24, 2.45) is 0 Å². The highest BCUT2D eigenvalue weighted by Gasteiger charge is 2.21. The molecule has 0 radical (unpaired) electrons. The summed E-state index contributed by atoms with van der Waals surface area (Å²) in [4.78, 5) is 38.7. The minimum absolute atomic E-state index is 0.116. The molecule has 0 aliphatic carbocycles. The molecule has 1 N–H and O–H groups in total. The molecular formula is C19H20N2O6S. The fourth-order valence-electron chi connectivity index (χ4n) is 2.64. The zero-order chi connectivity index (χ0) is 20.1. The Balaban J connectivity index is 1.63. The van der Waals surface area contributed by atoms with Crippen molar-refractivity contribution in [3.05, 3.63) is 40.1 Å². The standard InChI is InChI=1S/C19H20N2O6S/c1-3-21(18(23)15-6-7-16(28-15)19(24)25-2)11-17(22)20-12-4-5-13-14(10-12)27-9-8-26-13/h4-7,10H,3,8-9,11H2,1-2H3,(H,20,22). The van der Waals surface area contributed by atoms with E-state index in [9.17, 15) is 14.4 Å². The molecule has 0 saturated heterocycles. The monoisotopic (exact) mass is 404 g/mol.